The van der Waals surface area contributed by atoms with Gasteiger partial charge < -0.3 is 10.6 Å². The number of carbonyl (C=O) groups is 1. The summed E-state index contributed by atoms with van der Waals surface area (Å²) in [6, 6.07) is 8.12. The minimum atomic E-state index is 0.198. The Labute approximate surface area is 100.0 Å². The van der Waals surface area contributed by atoms with E-state index in [2.05, 4.69) is 6.07 Å². The van der Waals surface area contributed by atoms with E-state index in [1.165, 1.54) is 5.56 Å². The smallest absolute Gasteiger partial charge is 0.236 e. The molecule has 0 saturated heterocycles. The Hall–Kier alpha value is -1.00. The van der Waals surface area contributed by atoms with Crippen molar-refractivity contribution in [3.8, 4) is 0 Å². The number of nitrogens with zero attached hydrogens (tertiary/aromatic N) is 1. The van der Waals surface area contributed by atoms with Crippen molar-refractivity contribution in [3.05, 3.63) is 29.8 Å². The Morgan fingerprint density at radius 3 is 3.06 bits per heavy atom. The summed E-state index contributed by atoms with van der Waals surface area (Å²) < 4.78 is 0. The van der Waals surface area contributed by atoms with Crippen LogP contribution in [0.2, 0.25) is 0 Å². The van der Waals surface area contributed by atoms with Gasteiger partial charge in [0.2, 0.25) is 5.91 Å². The lowest BCUT2D eigenvalue weighted by Crippen LogP contribution is -2.30. The third-order valence-corrected chi connectivity index (χ3v) is 3.65. The topological polar surface area (TPSA) is 46.3 Å². The minimum Gasteiger partial charge on any atom is -0.330 e. The normalized spacial score (nSPS) is 13.9. The van der Waals surface area contributed by atoms with Crippen molar-refractivity contribution in [3.63, 3.8) is 0 Å². The number of benzene rings is 1. The maximum Gasteiger partial charge on any atom is 0.236 e. The number of rotatable bonds is 4. The molecular weight excluding hydrogens is 220 g/mol. The molecule has 3 nitrogen and oxygen atoms in total. The van der Waals surface area contributed by atoms with Crippen molar-refractivity contribution in [2.75, 3.05) is 29.5 Å². The predicted molar refractivity (Wildman–Crippen MR) is 68.9 cm³/mol. The first-order valence-corrected chi connectivity index (χ1v) is 6.64. The van der Waals surface area contributed by atoms with Crippen molar-refractivity contribution in [2.45, 2.75) is 6.42 Å². The highest BCUT2D eigenvalue weighted by Crippen LogP contribution is 2.27. The molecule has 1 aliphatic rings. The second-order valence-corrected chi connectivity index (χ2v) is 4.87. The number of nitrogens with two attached hydrogens (primary N) is 1. The third kappa shape index (κ3) is 2.39. The van der Waals surface area contributed by atoms with Crippen LogP contribution in [0.5, 0.6) is 0 Å². The molecule has 1 aromatic carbocycles. The highest BCUT2D eigenvalue weighted by molar-refractivity contribution is 7.99. The molecule has 2 N–H and O–H groups in total. The zero-order valence-corrected chi connectivity index (χ0v) is 10.0. The van der Waals surface area contributed by atoms with Crippen molar-refractivity contribution in [2.24, 2.45) is 5.73 Å². The van der Waals surface area contributed by atoms with Crippen LogP contribution in [-0.4, -0.2) is 30.5 Å². The van der Waals surface area contributed by atoms with Crippen molar-refractivity contribution in [1.82, 2.24) is 0 Å². The average molecular weight is 236 g/mol. The zero-order valence-electron chi connectivity index (χ0n) is 9.19. The molecule has 0 fully saturated rings. The van der Waals surface area contributed by atoms with Gasteiger partial charge in [-0.05, 0) is 18.1 Å². The number of hydrogen-bond donors (Lipinski definition) is 1. The van der Waals surface area contributed by atoms with E-state index in [-0.39, 0.29) is 5.91 Å². The SMILES string of the molecule is NCCSCC(=O)N1CCc2ccccc21. The summed E-state index contributed by atoms with van der Waals surface area (Å²) >= 11 is 1.61. The van der Waals surface area contributed by atoms with Gasteiger partial charge in [0.15, 0.2) is 0 Å². The molecule has 16 heavy (non-hydrogen) atoms. The number of hydrogen-bond acceptors (Lipinski definition) is 3. The summed E-state index contributed by atoms with van der Waals surface area (Å²) in [6.07, 6.45) is 0.976. The Morgan fingerprint density at radius 2 is 2.25 bits per heavy atom. The van der Waals surface area contributed by atoms with Gasteiger partial charge in [0.1, 0.15) is 0 Å². The van der Waals surface area contributed by atoms with E-state index in [1.807, 2.05) is 23.1 Å². The van der Waals surface area contributed by atoms with Gasteiger partial charge in [0.05, 0.1) is 5.75 Å². The Balaban J connectivity index is 1.99. The fourth-order valence-electron chi connectivity index (χ4n) is 1.92. The van der Waals surface area contributed by atoms with Crippen LogP contribution < -0.4 is 10.6 Å². The summed E-state index contributed by atoms with van der Waals surface area (Å²) in [5.41, 5.74) is 7.76. The molecule has 86 valence electrons. The third-order valence-electron chi connectivity index (χ3n) is 2.68. The minimum absolute atomic E-state index is 0.198. The second-order valence-electron chi connectivity index (χ2n) is 3.77. The van der Waals surface area contributed by atoms with Crippen LogP contribution in [0.4, 0.5) is 5.69 Å². The van der Waals surface area contributed by atoms with Crippen LogP contribution in [0.15, 0.2) is 24.3 Å². The fraction of sp³-hybridized carbons (Fsp3) is 0.417. The maximum absolute atomic E-state index is 11.9. The molecule has 0 spiro atoms. The number of anilines is 1. The summed E-state index contributed by atoms with van der Waals surface area (Å²) in [6.45, 7) is 1.45. The number of thioether (sulfide) groups is 1. The lowest BCUT2D eigenvalue weighted by Gasteiger charge is -2.16. The number of amides is 1. The molecule has 1 amide bonds. The molecule has 0 saturated carbocycles. The molecule has 1 aliphatic heterocycles. The van der Waals surface area contributed by atoms with Gasteiger partial charge in [0.25, 0.3) is 0 Å². The molecule has 4 heteroatoms. The molecule has 1 aromatic rings. The lowest BCUT2D eigenvalue weighted by molar-refractivity contribution is -0.116. The van der Waals surface area contributed by atoms with Gasteiger partial charge in [-0.2, -0.15) is 11.8 Å². The van der Waals surface area contributed by atoms with E-state index < -0.39 is 0 Å². The van der Waals surface area contributed by atoms with E-state index >= 15 is 0 Å². The monoisotopic (exact) mass is 236 g/mol. The molecular formula is C12H16N2OS. The molecule has 0 radical (unpaired) electrons. The highest BCUT2D eigenvalue weighted by atomic mass is 32.2. The standard InChI is InChI=1S/C12H16N2OS/c13-6-8-16-9-12(15)14-7-5-10-3-1-2-4-11(10)14/h1-4H,5-9,13H2. The van der Waals surface area contributed by atoms with Crippen LogP contribution in [0.25, 0.3) is 0 Å². The van der Waals surface area contributed by atoms with Crippen molar-refractivity contribution in [1.29, 1.82) is 0 Å². The van der Waals surface area contributed by atoms with Crippen LogP contribution in [0.3, 0.4) is 0 Å². The van der Waals surface area contributed by atoms with Crippen LogP contribution >= 0.6 is 11.8 Å². The lowest BCUT2D eigenvalue weighted by atomic mass is 10.2. The van der Waals surface area contributed by atoms with Crippen LogP contribution in [0, 0.1) is 0 Å². The molecule has 0 aliphatic carbocycles. The molecule has 0 bridgehead atoms. The average Bonchev–Trinajstić information content (AvgIpc) is 2.73. The van der Waals surface area contributed by atoms with Crippen LogP contribution in [0.1, 0.15) is 5.56 Å². The molecule has 0 unspecified atom stereocenters. The van der Waals surface area contributed by atoms with E-state index in [0.717, 1.165) is 24.4 Å². The Bertz CT molecular complexity index is 381. The quantitative estimate of drug-likeness (QED) is 0.801. The number of carbonyl (C=O) groups excluding carboxylic acids is 1. The summed E-state index contributed by atoms with van der Waals surface area (Å²) in [5.74, 6) is 1.58. The Morgan fingerprint density at radius 1 is 1.44 bits per heavy atom. The van der Waals surface area contributed by atoms with Crippen LogP contribution in [-0.2, 0) is 11.2 Å². The zero-order chi connectivity index (χ0) is 11.4. The first kappa shape index (κ1) is 11.5. The van der Waals surface area contributed by atoms with E-state index in [4.69, 9.17) is 5.73 Å². The largest absolute Gasteiger partial charge is 0.330 e. The van der Waals surface area contributed by atoms with Gasteiger partial charge in [-0.25, -0.2) is 0 Å². The van der Waals surface area contributed by atoms with Gasteiger partial charge in [-0.1, -0.05) is 18.2 Å². The first-order valence-electron chi connectivity index (χ1n) is 5.49. The van der Waals surface area contributed by atoms with E-state index in [9.17, 15) is 4.79 Å². The molecule has 0 atom stereocenters. The first-order chi connectivity index (χ1) is 7.83. The molecule has 0 aromatic heterocycles. The van der Waals surface area contributed by atoms with Gasteiger partial charge in [0, 0.05) is 24.5 Å². The Kier molecular flexibility index (Phi) is 3.85. The molecule has 1 heterocycles. The number of para-hydroxylation sites is 1. The van der Waals surface area contributed by atoms with Gasteiger partial charge in [-0.3, -0.25) is 4.79 Å². The van der Waals surface area contributed by atoms with Gasteiger partial charge in [-0.15, -0.1) is 0 Å². The van der Waals surface area contributed by atoms with E-state index in [1.54, 1.807) is 11.8 Å². The van der Waals surface area contributed by atoms with Crippen molar-refractivity contribution >= 4 is 23.4 Å². The maximum atomic E-state index is 11.9. The molecule has 2 rings (SSSR count). The van der Waals surface area contributed by atoms with E-state index in [0.29, 0.717) is 12.3 Å². The van der Waals surface area contributed by atoms with Crippen molar-refractivity contribution < 1.29 is 4.79 Å². The summed E-state index contributed by atoms with van der Waals surface area (Å²) in [5, 5.41) is 0. The predicted octanol–water partition coefficient (Wildman–Crippen LogP) is 1.27. The fourth-order valence-corrected chi connectivity index (χ4v) is 2.56. The summed E-state index contributed by atoms with van der Waals surface area (Å²) in [7, 11) is 0. The summed E-state index contributed by atoms with van der Waals surface area (Å²) in [4.78, 5) is 13.8. The second kappa shape index (κ2) is 5.37. The highest BCUT2D eigenvalue weighted by Gasteiger charge is 2.23. The number of fused-ring (bicyclic) bond motifs is 1. The van der Waals surface area contributed by atoms with Gasteiger partial charge >= 0.3 is 0 Å².